The lowest BCUT2D eigenvalue weighted by Crippen LogP contribution is -2.27. The van der Waals surface area contributed by atoms with E-state index in [0.717, 1.165) is 18.2 Å². The fourth-order valence-corrected chi connectivity index (χ4v) is 1.69. The molecule has 15 heavy (non-hydrogen) atoms. The highest BCUT2D eigenvalue weighted by molar-refractivity contribution is 6.30. The van der Waals surface area contributed by atoms with Crippen LogP contribution in [0.4, 0.5) is 0 Å². The predicted octanol–water partition coefficient (Wildman–Crippen LogP) is 3.26. The summed E-state index contributed by atoms with van der Waals surface area (Å²) in [6.07, 6.45) is 2.87. The second-order valence-electron chi connectivity index (χ2n) is 4.38. The number of hydrogen-bond acceptors (Lipinski definition) is 2. The minimum atomic E-state index is 0.530. The van der Waals surface area contributed by atoms with E-state index in [9.17, 15) is 0 Å². The quantitative estimate of drug-likeness (QED) is 0.834. The van der Waals surface area contributed by atoms with Crippen molar-refractivity contribution in [3.63, 3.8) is 0 Å². The summed E-state index contributed by atoms with van der Waals surface area (Å²) in [5, 5.41) is 4.13. The highest BCUT2D eigenvalue weighted by Gasteiger charge is 2.04. The fourth-order valence-electron chi connectivity index (χ4n) is 1.58. The lowest BCUT2D eigenvalue weighted by atomic mass is 10.1. The van der Waals surface area contributed by atoms with Gasteiger partial charge in [-0.1, -0.05) is 25.4 Å². The molecular formula is C12H19ClN2. The third-order valence-corrected chi connectivity index (χ3v) is 2.47. The van der Waals surface area contributed by atoms with E-state index >= 15 is 0 Å². The van der Waals surface area contributed by atoms with Gasteiger partial charge in [0.25, 0.3) is 0 Å². The van der Waals surface area contributed by atoms with E-state index in [1.807, 2.05) is 12.1 Å². The summed E-state index contributed by atoms with van der Waals surface area (Å²) in [5.74, 6) is 0.727. The highest BCUT2D eigenvalue weighted by Crippen LogP contribution is 2.07. The van der Waals surface area contributed by atoms with Crippen LogP contribution < -0.4 is 5.32 Å². The van der Waals surface area contributed by atoms with Gasteiger partial charge in [0.1, 0.15) is 0 Å². The molecule has 1 aromatic heterocycles. The first kappa shape index (κ1) is 12.5. The van der Waals surface area contributed by atoms with Crippen molar-refractivity contribution in [1.29, 1.82) is 0 Å². The lowest BCUT2D eigenvalue weighted by Gasteiger charge is -2.15. The van der Waals surface area contributed by atoms with Crippen LogP contribution in [0.25, 0.3) is 0 Å². The van der Waals surface area contributed by atoms with Gasteiger partial charge in [-0.2, -0.15) is 0 Å². The van der Waals surface area contributed by atoms with E-state index < -0.39 is 0 Å². The van der Waals surface area contributed by atoms with Crippen LogP contribution in [0.3, 0.4) is 0 Å². The molecule has 1 unspecified atom stereocenters. The maximum Gasteiger partial charge on any atom is 0.0589 e. The number of pyridine rings is 1. The van der Waals surface area contributed by atoms with E-state index in [1.54, 1.807) is 6.20 Å². The summed E-state index contributed by atoms with van der Waals surface area (Å²) >= 11 is 5.76. The van der Waals surface area contributed by atoms with Crippen molar-refractivity contribution in [2.45, 2.75) is 39.8 Å². The van der Waals surface area contributed by atoms with Crippen LogP contribution in [0.5, 0.6) is 0 Å². The Morgan fingerprint density at radius 3 is 2.60 bits per heavy atom. The van der Waals surface area contributed by atoms with Crippen LogP contribution >= 0.6 is 11.6 Å². The Balaban J connectivity index is 2.33. The lowest BCUT2D eigenvalue weighted by molar-refractivity contribution is 0.439. The Morgan fingerprint density at radius 2 is 2.07 bits per heavy atom. The molecule has 84 valence electrons. The summed E-state index contributed by atoms with van der Waals surface area (Å²) in [7, 11) is 0. The van der Waals surface area contributed by atoms with Gasteiger partial charge in [-0.15, -0.1) is 0 Å². The van der Waals surface area contributed by atoms with Gasteiger partial charge in [-0.3, -0.25) is 4.98 Å². The van der Waals surface area contributed by atoms with E-state index in [-0.39, 0.29) is 0 Å². The van der Waals surface area contributed by atoms with Crippen molar-refractivity contribution in [2.24, 2.45) is 5.92 Å². The maximum absolute atomic E-state index is 5.76. The zero-order valence-electron chi connectivity index (χ0n) is 9.63. The maximum atomic E-state index is 5.76. The third-order valence-electron chi connectivity index (χ3n) is 2.25. The first-order valence-corrected chi connectivity index (χ1v) is 5.79. The van der Waals surface area contributed by atoms with Crippen molar-refractivity contribution >= 4 is 11.6 Å². The Labute approximate surface area is 97.1 Å². The predicted molar refractivity (Wildman–Crippen MR) is 65.0 cm³/mol. The van der Waals surface area contributed by atoms with Gasteiger partial charge in [0.15, 0.2) is 0 Å². The van der Waals surface area contributed by atoms with Gasteiger partial charge in [-0.25, -0.2) is 0 Å². The number of halogens is 1. The van der Waals surface area contributed by atoms with Crippen molar-refractivity contribution in [3.05, 3.63) is 29.0 Å². The minimum Gasteiger partial charge on any atom is -0.309 e. The molecule has 0 saturated carbocycles. The fraction of sp³-hybridized carbons (Fsp3) is 0.583. The molecule has 0 amide bonds. The number of hydrogen-bond donors (Lipinski definition) is 1. The summed E-state index contributed by atoms with van der Waals surface area (Å²) in [4.78, 5) is 4.23. The van der Waals surface area contributed by atoms with Gasteiger partial charge in [0, 0.05) is 18.8 Å². The third kappa shape index (κ3) is 5.14. The number of nitrogens with one attached hydrogen (secondary N) is 1. The molecule has 1 atom stereocenters. The zero-order valence-corrected chi connectivity index (χ0v) is 10.4. The van der Waals surface area contributed by atoms with E-state index in [1.165, 1.54) is 6.42 Å². The normalized spacial score (nSPS) is 13.1. The molecule has 0 spiro atoms. The molecule has 1 rings (SSSR count). The molecule has 1 heterocycles. The average molecular weight is 227 g/mol. The molecule has 0 saturated heterocycles. The molecule has 0 aliphatic heterocycles. The van der Waals surface area contributed by atoms with Gasteiger partial charge < -0.3 is 5.32 Å². The zero-order chi connectivity index (χ0) is 11.3. The van der Waals surface area contributed by atoms with Gasteiger partial charge in [0.05, 0.1) is 10.7 Å². The molecule has 0 aliphatic rings. The van der Waals surface area contributed by atoms with Crippen molar-refractivity contribution in [1.82, 2.24) is 10.3 Å². The standard InChI is InChI=1S/C12H19ClN2/c1-9(2)6-10(3)14-8-12-5-4-11(13)7-15-12/h4-5,7,9-10,14H,6,8H2,1-3H3. The van der Waals surface area contributed by atoms with Crippen LogP contribution in [0.1, 0.15) is 32.9 Å². The number of aromatic nitrogens is 1. The smallest absolute Gasteiger partial charge is 0.0589 e. The molecule has 1 aromatic rings. The second-order valence-corrected chi connectivity index (χ2v) is 4.82. The summed E-state index contributed by atoms with van der Waals surface area (Å²) in [6, 6.07) is 4.36. The molecule has 0 aliphatic carbocycles. The number of rotatable bonds is 5. The average Bonchev–Trinajstić information content (AvgIpc) is 2.16. The van der Waals surface area contributed by atoms with Crippen molar-refractivity contribution in [2.75, 3.05) is 0 Å². The van der Waals surface area contributed by atoms with Crippen molar-refractivity contribution < 1.29 is 0 Å². The Hall–Kier alpha value is -0.600. The minimum absolute atomic E-state index is 0.530. The summed E-state index contributed by atoms with van der Waals surface area (Å²) in [6.45, 7) is 7.48. The molecule has 0 bridgehead atoms. The highest BCUT2D eigenvalue weighted by atomic mass is 35.5. The largest absolute Gasteiger partial charge is 0.309 e. The van der Waals surface area contributed by atoms with Gasteiger partial charge >= 0.3 is 0 Å². The molecule has 0 fully saturated rings. The van der Waals surface area contributed by atoms with Crippen LogP contribution in [0.15, 0.2) is 18.3 Å². The van der Waals surface area contributed by atoms with Crippen LogP contribution in [0.2, 0.25) is 5.02 Å². The Kier molecular flexibility index (Phi) is 5.06. The first-order chi connectivity index (χ1) is 7.08. The number of nitrogens with zero attached hydrogens (tertiary/aromatic N) is 1. The molecule has 1 N–H and O–H groups in total. The molecule has 0 aromatic carbocycles. The monoisotopic (exact) mass is 226 g/mol. The van der Waals surface area contributed by atoms with Crippen LogP contribution in [0, 0.1) is 5.92 Å². The summed E-state index contributed by atoms with van der Waals surface area (Å²) in [5.41, 5.74) is 1.04. The molecular weight excluding hydrogens is 208 g/mol. The van der Waals surface area contributed by atoms with E-state index in [0.29, 0.717) is 11.1 Å². The Bertz CT molecular complexity index is 282. The molecule has 3 heteroatoms. The topological polar surface area (TPSA) is 24.9 Å². The van der Waals surface area contributed by atoms with Gasteiger partial charge in [-0.05, 0) is 31.4 Å². The van der Waals surface area contributed by atoms with Crippen LogP contribution in [-0.2, 0) is 6.54 Å². The van der Waals surface area contributed by atoms with E-state index in [2.05, 4.69) is 31.1 Å². The second kappa shape index (κ2) is 6.09. The Morgan fingerprint density at radius 1 is 1.33 bits per heavy atom. The molecule has 0 radical (unpaired) electrons. The van der Waals surface area contributed by atoms with Gasteiger partial charge in [0.2, 0.25) is 0 Å². The van der Waals surface area contributed by atoms with Crippen LogP contribution in [-0.4, -0.2) is 11.0 Å². The SMILES string of the molecule is CC(C)CC(C)NCc1ccc(Cl)cn1. The summed E-state index contributed by atoms with van der Waals surface area (Å²) < 4.78 is 0. The first-order valence-electron chi connectivity index (χ1n) is 5.41. The molecule has 2 nitrogen and oxygen atoms in total. The van der Waals surface area contributed by atoms with E-state index in [4.69, 9.17) is 11.6 Å². The van der Waals surface area contributed by atoms with Crippen molar-refractivity contribution in [3.8, 4) is 0 Å².